The Bertz CT molecular complexity index is 1060. The molecule has 12 heteroatoms. The third kappa shape index (κ3) is 7.31. The molecule has 10 nitrogen and oxygen atoms in total. The highest BCUT2D eigenvalue weighted by atomic mass is 35.5. The largest absolute Gasteiger partial charge is 0.465 e. The molecule has 0 aromatic heterocycles. The number of hydrogen-bond acceptors (Lipinski definition) is 7. The van der Waals surface area contributed by atoms with E-state index in [0.717, 1.165) is 57.1 Å². The maximum absolute atomic E-state index is 13.7. The number of piperazine rings is 1. The zero-order valence-corrected chi connectivity index (χ0v) is 25.2. The van der Waals surface area contributed by atoms with Gasteiger partial charge >= 0.3 is 6.09 Å². The van der Waals surface area contributed by atoms with Crippen molar-refractivity contribution in [2.24, 2.45) is 17.6 Å². The van der Waals surface area contributed by atoms with Gasteiger partial charge in [-0.25, -0.2) is 9.10 Å². The number of carbonyl (C=O) groups excluding carboxylic acids is 1. The summed E-state index contributed by atoms with van der Waals surface area (Å²) in [5.41, 5.74) is 7.68. The summed E-state index contributed by atoms with van der Waals surface area (Å²) in [6.07, 6.45) is 6.96. The monoisotopic (exact) mass is 611 g/mol. The number of amides is 2. The molecule has 4 fully saturated rings. The van der Waals surface area contributed by atoms with Crippen molar-refractivity contribution in [3.8, 4) is 0 Å². The van der Waals surface area contributed by atoms with Crippen molar-refractivity contribution in [3.63, 3.8) is 0 Å². The maximum atomic E-state index is 13.7. The van der Waals surface area contributed by atoms with Crippen LogP contribution in [0.1, 0.15) is 69.3 Å². The van der Waals surface area contributed by atoms with E-state index in [2.05, 4.69) is 10.6 Å². The molecule has 7 N–H and O–H groups in total. The lowest BCUT2D eigenvalue weighted by atomic mass is 9.75. The molecule has 2 amide bonds. The molecule has 2 bridgehead atoms. The van der Waals surface area contributed by atoms with Crippen molar-refractivity contribution in [1.29, 1.82) is 0 Å². The third-order valence-electron chi connectivity index (χ3n) is 9.92. The summed E-state index contributed by atoms with van der Waals surface area (Å²) < 4.78 is 23.6. The molecule has 7 atom stereocenters. The first-order chi connectivity index (χ1) is 19.6. The zero-order valence-electron chi connectivity index (χ0n) is 23.7. The second kappa shape index (κ2) is 13.4. The van der Waals surface area contributed by atoms with Crippen LogP contribution in [0.3, 0.4) is 0 Å². The van der Waals surface area contributed by atoms with E-state index in [4.69, 9.17) is 17.3 Å². The van der Waals surface area contributed by atoms with Gasteiger partial charge in [0, 0.05) is 55.2 Å². The summed E-state index contributed by atoms with van der Waals surface area (Å²) in [5, 5.41) is 16.9. The van der Waals surface area contributed by atoms with Crippen molar-refractivity contribution in [2.45, 2.75) is 87.9 Å². The van der Waals surface area contributed by atoms with Crippen molar-refractivity contribution < 1.29 is 23.8 Å². The van der Waals surface area contributed by atoms with Crippen molar-refractivity contribution >= 4 is 34.4 Å². The fourth-order valence-corrected chi connectivity index (χ4v) is 9.59. The zero-order chi connectivity index (χ0) is 29.1. The predicted octanol–water partition coefficient (Wildman–Crippen LogP) is 4.31. The van der Waals surface area contributed by atoms with Gasteiger partial charge in [0.1, 0.15) is 0 Å². The van der Waals surface area contributed by atoms with Crippen LogP contribution in [0.4, 0.5) is 4.79 Å². The topological polar surface area (TPSA) is 151 Å². The molecular formula is C29H46ClN5O5S. The lowest BCUT2D eigenvalue weighted by Crippen LogP contribution is -2.56. The van der Waals surface area contributed by atoms with Gasteiger partial charge in [-0.3, -0.25) is 13.9 Å². The summed E-state index contributed by atoms with van der Waals surface area (Å²) in [5.74, 6) is 0.462. The molecule has 4 aliphatic rings. The Labute approximate surface area is 249 Å². The number of fused-ring (bicyclic) bond motifs is 2. The second-order valence-corrected chi connectivity index (χ2v) is 15.0. The Morgan fingerprint density at radius 3 is 2.51 bits per heavy atom. The maximum Gasteiger partial charge on any atom is 0.407 e. The Kier molecular flexibility index (Phi) is 10.1. The van der Waals surface area contributed by atoms with E-state index in [9.17, 15) is 23.8 Å². The summed E-state index contributed by atoms with van der Waals surface area (Å²) in [7, 11) is -2.72. The van der Waals surface area contributed by atoms with Gasteiger partial charge in [0.25, 0.3) is 0 Å². The number of nitrogens with one attached hydrogen (secondary N) is 2. The quantitative estimate of drug-likeness (QED) is 0.254. The Balaban J connectivity index is 1.22. The van der Waals surface area contributed by atoms with Crippen LogP contribution >= 0.6 is 22.4 Å². The SMILES string of the molecule is N[C@H](C(=O)N[C@H]1CCC[C@@H]1CC[C@H]1CN[C@@H]2CCCS(O)(O)N1C2)[C@@H](c1ccc(Cl)cc1)C1CCN(C(=O)O)CC1. The number of benzene rings is 1. The van der Waals surface area contributed by atoms with Crippen molar-refractivity contribution in [3.05, 3.63) is 34.9 Å². The minimum atomic E-state index is -2.72. The normalized spacial score (nSPS) is 32.5. The molecule has 1 aromatic rings. The van der Waals surface area contributed by atoms with Gasteiger partial charge in [-0.2, -0.15) is 0 Å². The van der Waals surface area contributed by atoms with E-state index in [1.807, 2.05) is 28.6 Å². The van der Waals surface area contributed by atoms with Gasteiger partial charge in [-0.05, 0) is 80.9 Å². The molecule has 1 saturated carbocycles. The van der Waals surface area contributed by atoms with Gasteiger partial charge in [0.15, 0.2) is 0 Å². The van der Waals surface area contributed by atoms with Crippen LogP contribution in [-0.4, -0.2) is 91.5 Å². The number of carboxylic acid groups (broad SMARTS) is 1. The van der Waals surface area contributed by atoms with E-state index < -0.39 is 22.9 Å². The van der Waals surface area contributed by atoms with Crippen molar-refractivity contribution in [1.82, 2.24) is 19.8 Å². The third-order valence-corrected chi connectivity index (χ3v) is 12.2. The Hall–Kier alpha value is -1.60. The first-order valence-electron chi connectivity index (χ1n) is 15.2. The van der Waals surface area contributed by atoms with Crippen LogP contribution in [0.15, 0.2) is 24.3 Å². The summed E-state index contributed by atoms with van der Waals surface area (Å²) >= 11 is 6.15. The standard InChI is InChI=1S/C29H46ClN5O5S/c30-22-9-6-20(7-10-22)26(21-12-14-34(15-13-21)29(37)38)27(31)28(36)33-25-5-1-3-19(25)8-11-24-17-32-23-4-2-16-41(39,40)35(24)18-23/h6-7,9-10,19,21,23-27,32,39-40H,1-5,8,11-18,31H2,(H,33,36)(H,37,38)/t19-,23-,24+,25+,26+,27+/m1/s1. The van der Waals surface area contributed by atoms with E-state index >= 15 is 0 Å². The van der Waals surface area contributed by atoms with Crippen LogP contribution in [0.5, 0.6) is 0 Å². The summed E-state index contributed by atoms with van der Waals surface area (Å²) in [6.45, 7) is 2.31. The van der Waals surface area contributed by atoms with Gasteiger partial charge in [-0.1, -0.05) is 30.2 Å². The van der Waals surface area contributed by atoms with Gasteiger partial charge in [-0.15, -0.1) is 10.8 Å². The fourth-order valence-electron chi connectivity index (χ4n) is 7.60. The van der Waals surface area contributed by atoms with Crippen LogP contribution in [-0.2, 0) is 4.79 Å². The molecular weight excluding hydrogens is 566 g/mol. The molecule has 41 heavy (non-hydrogen) atoms. The molecule has 0 spiro atoms. The second-order valence-electron chi connectivity index (χ2n) is 12.4. The molecule has 3 aliphatic heterocycles. The molecule has 0 radical (unpaired) electrons. The highest BCUT2D eigenvalue weighted by Gasteiger charge is 2.40. The van der Waals surface area contributed by atoms with Gasteiger partial charge in [0.2, 0.25) is 5.91 Å². The Morgan fingerprint density at radius 2 is 1.80 bits per heavy atom. The average molecular weight is 612 g/mol. The van der Waals surface area contributed by atoms with Crippen molar-refractivity contribution in [2.75, 3.05) is 31.9 Å². The molecule has 3 heterocycles. The minimum absolute atomic E-state index is 0.0436. The molecule has 1 aliphatic carbocycles. The number of carbonyl (C=O) groups is 2. The molecule has 1 unspecified atom stereocenters. The van der Waals surface area contributed by atoms with Crippen LogP contribution in [0.25, 0.3) is 0 Å². The lowest BCUT2D eigenvalue weighted by Gasteiger charge is -2.49. The Morgan fingerprint density at radius 1 is 1.07 bits per heavy atom. The number of halogens is 1. The molecule has 3 saturated heterocycles. The van der Waals surface area contributed by atoms with E-state index in [-0.39, 0.29) is 29.8 Å². The van der Waals surface area contributed by atoms with Crippen LogP contribution < -0.4 is 16.4 Å². The highest BCUT2D eigenvalue weighted by molar-refractivity contribution is 8.22. The lowest BCUT2D eigenvalue weighted by molar-refractivity contribution is -0.124. The molecule has 230 valence electrons. The number of piperidine rings is 1. The smallest absolute Gasteiger partial charge is 0.407 e. The summed E-state index contributed by atoms with van der Waals surface area (Å²) in [6, 6.07) is 7.18. The minimum Gasteiger partial charge on any atom is -0.465 e. The number of rotatable bonds is 8. The van der Waals surface area contributed by atoms with Crippen LogP contribution in [0.2, 0.25) is 5.02 Å². The first kappa shape index (κ1) is 30.8. The van der Waals surface area contributed by atoms with E-state index in [1.54, 1.807) is 0 Å². The molecule has 5 rings (SSSR count). The number of nitrogens with zero attached hydrogens (tertiary/aromatic N) is 2. The first-order valence-corrected chi connectivity index (χ1v) is 17.2. The average Bonchev–Trinajstić information content (AvgIpc) is 3.35. The van der Waals surface area contributed by atoms with E-state index in [0.29, 0.717) is 55.2 Å². The number of likely N-dealkylation sites (tertiary alicyclic amines) is 1. The van der Waals surface area contributed by atoms with Gasteiger partial charge in [0.05, 0.1) is 11.8 Å². The predicted molar refractivity (Wildman–Crippen MR) is 162 cm³/mol. The fraction of sp³-hybridized carbons (Fsp3) is 0.724. The molecule has 1 aromatic carbocycles. The van der Waals surface area contributed by atoms with E-state index in [1.165, 1.54) is 4.90 Å². The number of hydrogen-bond donors (Lipinski definition) is 6. The summed E-state index contributed by atoms with van der Waals surface area (Å²) in [4.78, 5) is 26.5. The van der Waals surface area contributed by atoms with Gasteiger partial charge < -0.3 is 26.4 Å². The van der Waals surface area contributed by atoms with Crippen LogP contribution in [0, 0.1) is 11.8 Å². The highest BCUT2D eigenvalue weighted by Crippen LogP contribution is 2.49. The number of nitrogens with two attached hydrogens (primary N) is 1.